The molecule has 2 heterocycles. The Bertz CT molecular complexity index is 956. The zero-order chi connectivity index (χ0) is 19.7. The van der Waals surface area contributed by atoms with Crippen LogP contribution in [0.5, 0.6) is 0 Å². The molecule has 6 nitrogen and oxygen atoms in total. The lowest BCUT2D eigenvalue weighted by atomic mass is 10.1. The first-order valence-corrected chi connectivity index (χ1v) is 10.9. The minimum absolute atomic E-state index is 0. The van der Waals surface area contributed by atoms with Crippen LogP contribution in [0.25, 0.3) is 10.9 Å². The van der Waals surface area contributed by atoms with Crippen molar-refractivity contribution in [3.05, 3.63) is 35.8 Å². The summed E-state index contributed by atoms with van der Waals surface area (Å²) >= 11 is 0. The maximum absolute atomic E-state index is 13.5. The minimum atomic E-state index is -3.09. The molecule has 0 amide bonds. The van der Waals surface area contributed by atoms with Crippen molar-refractivity contribution in [3.8, 4) is 0 Å². The van der Waals surface area contributed by atoms with E-state index >= 15 is 0 Å². The van der Waals surface area contributed by atoms with Gasteiger partial charge in [0.05, 0.1) is 10.5 Å². The molecule has 28 heavy (non-hydrogen) atoms. The quantitative estimate of drug-likeness (QED) is 0.368. The van der Waals surface area contributed by atoms with Crippen molar-refractivity contribution in [1.82, 2.24) is 15.2 Å². The van der Waals surface area contributed by atoms with Gasteiger partial charge < -0.3 is 15.2 Å². The predicted molar refractivity (Wildman–Crippen MR) is 123 cm³/mol. The van der Waals surface area contributed by atoms with Crippen molar-refractivity contribution in [2.45, 2.75) is 31.9 Å². The molecule has 2 aromatic rings. The van der Waals surface area contributed by atoms with E-state index in [4.69, 9.17) is 0 Å². The topological polar surface area (TPSA) is 77.6 Å². The molecule has 1 fully saturated rings. The number of hydrogen-bond donors (Lipinski definition) is 2. The van der Waals surface area contributed by atoms with Crippen LogP contribution in [-0.4, -0.2) is 60.9 Å². The van der Waals surface area contributed by atoms with Crippen molar-refractivity contribution >= 4 is 50.7 Å². The molecule has 0 radical (unpaired) electrons. The molecule has 1 aromatic carbocycles. The monoisotopic (exact) mass is 522 g/mol. The Hall–Kier alpha value is -1.36. The van der Waals surface area contributed by atoms with Gasteiger partial charge >= 0.3 is 0 Å². The molecule has 0 unspecified atom stereocenters. The van der Waals surface area contributed by atoms with Gasteiger partial charge in [0.25, 0.3) is 0 Å². The second kappa shape index (κ2) is 8.98. The highest BCUT2D eigenvalue weighted by Gasteiger charge is 2.40. The molecule has 1 aromatic heterocycles. The van der Waals surface area contributed by atoms with Crippen LogP contribution in [0, 0.1) is 5.82 Å². The molecular formula is C19H28FIN4O2S. The number of benzene rings is 1. The zero-order valence-corrected chi connectivity index (χ0v) is 19.6. The van der Waals surface area contributed by atoms with E-state index in [-0.39, 0.29) is 35.5 Å². The van der Waals surface area contributed by atoms with E-state index < -0.39 is 14.6 Å². The molecule has 0 aliphatic carbocycles. The van der Waals surface area contributed by atoms with Gasteiger partial charge in [0.1, 0.15) is 5.82 Å². The van der Waals surface area contributed by atoms with E-state index in [0.29, 0.717) is 32.6 Å². The molecule has 1 aliphatic heterocycles. The first-order chi connectivity index (χ1) is 12.7. The van der Waals surface area contributed by atoms with E-state index in [0.717, 1.165) is 22.4 Å². The van der Waals surface area contributed by atoms with E-state index in [2.05, 4.69) is 15.3 Å². The zero-order valence-electron chi connectivity index (χ0n) is 16.5. The minimum Gasteiger partial charge on any atom is -0.361 e. The predicted octanol–water partition coefficient (Wildman–Crippen LogP) is 2.94. The van der Waals surface area contributed by atoms with Gasteiger partial charge in [-0.1, -0.05) is 0 Å². The van der Waals surface area contributed by atoms with Crippen molar-refractivity contribution in [2.24, 2.45) is 4.99 Å². The van der Waals surface area contributed by atoms with Crippen LogP contribution in [0.2, 0.25) is 0 Å². The second-order valence-corrected chi connectivity index (χ2v) is 10.2. The van der Waals surface area contributed by atoms with Crippen LogP contribution >= 0.6 is 24.0 Å². The number of rotatable bonds is 4. The van der Waals surface area contributed by atoms with Crippen molar-refractivity contribution < 1.29 is 12.8 Å². The van der Waals surface area contributed by atoms with E-state index in [1.165, 1.54) is 12.1 Å². The molecule has 0 saturated carbocycles. The highest BCUT2D eigenvalue weighted by Crippen LogP contribution is 2.24. The third kappa shape index (κ3) is 4.79. The summed E-state index contributed by atoms with van der Waals surface area (Å²) in [6.45, 7) is 7.62. The molecule has 1 saturated heterocycles. The van der Waals surface area contributed by atoms with Gasteiger partial charge in [-0.05, 0) is 51.0 Å². The Balaban J connectivity index is 0.00000280. The molecule has 0 atom stereocenters. The molecule has 9 heteroatoms. The Kier molecular flexibility index (Phi) is 7.35. The lowest BCUT2D eigenvalue weighted by Crippen LogP contribution is -2.57. The van der Waals surface area contributed by atoms with Crippen molar-refractivity contribution in [3.63, 3.8) is 0 Å². The Labute approximate surface area is 182 Å². The normalized spacial score (nSPS) is 18.7. The van der Waals surface area contributed by atoms with Crippen LogP contribution in [0.1, 0.15) is 26.3 Å². The summed E-state index contributed by atoms with van der Waals surface area (Å²) in [5, 5.41) is 4.13. The van der Waals surface area contributed by atoms with Gasteiger partial charge in [-0.15, -0.1) is 24.0 Å². The van der Waals surface area contributed by atoms with Crippen LogP contribution in [-0.2, 0) is 16.3 Å². The van der Waals surface area contributed by atoms with E-state index in [1.807, 2.05) is 18.0 Å². The maximum atomic E-state index is 13.5. The summed E-state index contributed by atoms with van der Waals surface area (Å²) in [5.74, 6) is 0.607. The molecule has 2 N–H and O–H groups in total. The molecular weight excluding hydrogens is 494 g/mol. The number of nitrogens with one attached hydrogen (secondary N) is 2. The second-order valence-electron chi connectivity index (χ2n) is 7.49. The fourth-order valence-corrected chi connectivity index (χ4v) is 4.76. The molecule has 0 bridgehead atoms. The summed E-state index contributed by atoms with van der Waals surface area (Å²) in [6, 6.07) is 4.71. The van der Waals surface area contributed by atoms with Gasteiger partial charge in [0, 0.05) is 43.3 Å². The Morgan fingerprint density at radius 3 is 2.82 bits per heavy atom. The molecule has 3 rings (SSSR count). The number of aliphatic imine (C=N–C) groups is 1. The Morgan fingerprint density at radius 2 is 2.14 bits per heavy atom. The summed E-state index contributed by atoms with van der Waals surface area (Å²) in [6.07, 6.45) is 2.57. The number of fused-ring (bicyclic) bond motifs is 1. The van der Waals surface area contributed by atoms with Gasteiger partial charge in [-0.2, -0.15) is 0 Å². The van der Waals surface area contributed by atoms with Gasteiger partial charge in [-0.3, -0.25) is 4.99 Å². The number of hydrogen-bond acceptors (Lipinski definition) is 3. The number of aromatic nitrogens is 1. The average molecular weight is 522 g/mol. The van der Waals surface area contributed by atoms with Crippen LogP contribution in [0.3, 0.4) is 0 Å². The molecule has 1 aliphatic rings. The molecule has 0 spiro atoms. The standard InChI is InChI=1S/C19H27FN4O2S.HI/c1-4-21-18(24-9-10-27(25,26)19(2,3)13-24)22-8-7-14-12-23-17-6-5-15(20)11-16(14)17;/h5-6,11-12,23H,4,7-10,13H2,1-3H3,(H,21,22);1H. The third-order valence-corrected chi connectivity index (χ3v) is 7.58. The number of halogens is 2. The summed E-state index contributed by atoms with van der Waals surface area (Å²) in [4.78, 5) is 9.85. The Morgan fingerprint density at radius 1 is 1.39 bits per heavy atom. The van der Waals surface area contributed by atoms with Crippen LogP contribution in [0.4, 0.5) is 4.39 Å². The highest BCUT2D eigenvalue weighted by atomic mass is 127. The van der Waals surface area contributed by atoms with Crippen molar-refractivity contribution in [2.75, 3.05) is 31.9 Å². The number of H-pyrrole nitrogens is 1. The van der Waals surface area contributed by atoms with Crippen LogP contribution < -0.4 is 5.32 Å². The number of nitrogens with zero attached hydrogens (tertiary/aromatic N) is 2. The number of aromatic amines is 1. The first kappa shape index (κ1) is 22.9. The fraction of sp³-hybridized carbons (Fsp3) is 0.526. The SMILES string of the molecule is CCNC(=NCCc1c[nH]c2ccc(F)cc12)N1CCS(=O)(=O)C(C)(C)C1.I. The lowest BCUT2D eigenvalue weighted by molar-refractivity contribution is 0.353. The van der Waals surface area contributed by atoms with E-state index in [1.54, 1.807) is 19.9 Å². The number of sulfone groups is 1. The largest absolute Gasteiger partial charge is 0.361 e. The third-order valence-electron chi connectivity index (χ3n) is 5.05. The van der Waals surface area contributed by atoms with E-state index in [9.17, 15) is 12.8 Å². The van der Waals surface area contributed by atoms with Crippen molar-refractivity contribution in [1.29, 1.82) is 0 Å². The van der Waals surface area contributed by atoms with Gasteiger partial charge in [0.2, 0.25) is 0 Å². The summed E-state index contributed by atoms with van der Waals surface area (Å²) in [7, 11) is -3.09. The summed E-state index contributed by atoms with van der Waals surface area (Å²) in [5.41, 5.74) is 1.93. The first-order valence-electron chi connectivity index (χ1n) is 9.24. The lowest BCUT2D eigenvalue weighted by Gasteiger charge is -2.39. The fourth-order valence-electron chi connectivity index (χ4n) is 3.39. The van der Waals surface area contributed by atoms with Crippen LogP contribution in [0.15, 0.2) is 29.4 Å². The smallest absolute Gasteiger partial charge is 0.194 e. The van der Waals surface area contributed by atoms with Gasteiger partial charge in [0.15, 0.2) is 15.8 Å². The summed E-state index contributed by atoms with van der Waals surface area (Å²) < 4.78 is 37.2. The van der Waals surface area contributed by atoms with Gasteiger partial charge in [-0.25, -0.2) is 12.8 Å². The average Bonchev–Trinajstić information content (AvgIpc) is 2.99. The maximum Gasteiger partial charge on any atom is 0.194 e. The highest BCUT2D eigenvalue weighted by molar-refractivity contribution is 14.0. The molecule has 156 valence electrons. The number of guanidine groups is 1.